The van der Waals surface area contributed by atoms with Gasteiger partial charge >= 0.3 is 11.7 Å². The zero-order chi connectivity index (χ0) is 11.6. The number of pyridine rings is 1. The Morgan fingerprint density at radius 1 is 1.60 bits per heavy atom. The van der Waals surface area contributed by atoms with Gasteiger partial charge in [0, 0.05) is 6.20 Å². The topological polar surface area (TPSA) is 93.3 Å². The van der Waals surface area contributed by atoms with Gasteiger partial charge < -0.3 is 5.11 Å². The molecular weight excluding hydrogens is 214 g/mol. The lowest BCUT2D eigenvalue weighted by Crippen LogP contribution is -2.07. The quantitative estimate of drug-likeness (QED) is 0.614. The molecule has 1 aromatic heterocycles. The second kappa shape index (κ2) is 3.95. The first-order valence-corrected chi connectivity index (χ1v) is 3.60. The second-order valence-electron chi connectivity index (χ2n) is 2.46. The van der Waals surface area contributed by atoms with E-state index >= 15 is 0 Å². The summed E-state index contributed by atoms with van der Waals surface area (Å²) in [7, 11) is 0. The van der Waals surface area contributed by atoms with Crippen LogP contribution in [-0.2, 0) is 0 Å². The van der Waals surface area contributed by atoms with Crippen LogP contribution in [0.25, 0.3) is 0 Å². The molecule has 6 nitrogen and oxygen atoms in total. The largest absolute Gasteiger partial charge is 0.477 e. The van der Waals surface area contributed by atoms with Gasteiger partial charge in [0.1, 0.15) is 5.56 Å². The van der Waals surface area contributed by atoms with Crippen molar-refractivity contribution in [1.29, 1.82) is 0 Å². The molecule has 0 radical (unpaired) electrons. The Labute approximate surface area is 81.3 Å². The van der Waals surface area contributed by atoms with Gasteiger partial charge in [0.25, 0.3) is 6.43 Å². The normalized spacial score (nSPS) is 10.3. The van der Waals surface area contributed by atoms with Crippen LogP contribution in [0.15, 0.2) is 12.3 Å². The Morgan fingerprint density at radius 2 is 2.20 bits per heavy atom. The van der Waals surface area contributed by atoms with Crippen molar-refractivity contribution in [3.05, 3.63) is 33.6 Å². The molecule has 0 amide bonds. The van der Waals surface area contributed by atoms with Crippen molar-refractivity contribution >= 4 is 11.7 Å². The van der Waals surface area contributed by atoms with E-state index in [4.69, 9.17) is 5.11 Å². The van der Waals surface area contributed by atoms with Gasteiger partial charge in [0.05, 0.1) is 4.92 Å². The number of aromatic carboxylic acids is 1. The van der Waals surface area contributed by atoms with Gasteiger partial charge in [0.15, 0.2) is 5.69 Å². The van der Waals surface area contributed by atoms with Crippen LogP contribution >= 0.6 is 0 Å². The van der Waals surface area contributed by atoms with E-state index in [1.165, 1.54) is 0 Å². The fraction of sp³-hybridized carbons (Fsp3) is 0.143. The summed E-state index contributed by atoms with van der Waals surface area (Å²) in [5.74, 6) is -1.65. The highest BCUT2D eigenvalue weighted by molar-refractivity contribution is 5.92. The number of hydrogen-bond acceptors (Lipinski definition) is 4. The monoisotopic (exact) mass is 218 g/mol. The van der Waals surface area contributed by atoms with E-state index in [1.807, 2.05) is 0 Å². The SMILES string of the molecule is O=C(O)c1ccnc(C(F)F)c1[N+](=O)[O-]. The van der Waals surface area contributed by atoms with Crippen molar-refractivity contribution in [3.8, 4) is 0 Å². The van der Waals surface area contributed by atoms with Crippen LogP contribution in [0.5, 0.6) is 0 Å². The molecule has 0 fully saturated rings. The van der Waals surface area contributed by atoms with E-state index in [9.17, 15) is 23.7 Å². The maximum atomic E-state index is 12.3. The van der Waals surface area contributed by atoms with Crippen LogP contribution in [0.2, 0.25) is 0 Å². The minimum Gasteiger partial charge on any atom is -0.477 e. The number of rotatable bonds is 3. The summed E-state index contributed by atoms with van der Waals surface area (Å²) >= 11 is 0. The molecular formula is C7H4F2N2O4. The van der Waals surface area contributed by atoms with Crippen LogP contribution < -0.4 is 0 Å². The molecule has 1 N–H and O–H groups in total. The molecule has 0 unspecified atom stereocenters. The molecule has 0 saturated heterocycles. The molecule has 0 aliphatic heterocycles. The molecule has 0 atom stereocenters. The van der Waals surface area contributed by atoms with Crippen LogP contribution in [0, 0.1) is 10.1 Å². The van der Waals surface area contributed by atoms with Crippen molar-refractivity contribution in [2.24, 2.45) is 0 Å². The van der Waals surface area contributed by atoms with Crippen molar-refractivity contribution in [2.45, 2.75) is 6.43 Å². The number of halogens is 2. The summed E-state index contributed by atoms with van der Waals surface area (Å²) in [6, 6.07) is 0.798. The van der Waals surface area contributed by atoms with Crippen molar-refractivity contribution in [3.63, 3.8) is 0 Å². The van der Waals surface area contributed by atoms with E-state index < -0.39 is 34.3 Å². The number of aromatic nitrogens is 1. The third-order valence-electron chi connectivity index (χ3n) is 1.57. The summed E-state index contributed by atoms with van der Waals surface area (Å²) in [5.41, 5.74) is -3.11. The standard InChI is InChI=1S/C7H4F2N2O4/c8-6(9)4-5(11(14)15)3(7(12)13)1-2-10-4/h1-2,6H,(H,12,13). The molecule has 1 aromatic rings. The number of nitro groups is 1. The molecule has 0 aliphatic carbocycles. The summed E-state index contributed by atoms with van der Waals surface area (Å²) < 4.78 is 24.5. The number of nitrogens with zero attached hydrogens (tertiary/aromatic N) is 2. The minimum atomic E-state index is -3.19. The summed E-state index contributed by atoms with van der Waals surface area (Å²) in [6.07, 6.45) is -2.40. The summed E-state index contributed by atoms with van der Waals surface area (Å²) in [4.78, 5) is 22.8. The Kier molecular flexibility index (Phi) is 2.88. The van der Waals surface area contributed by atoms with Crippen LogP contribution in [0.1, 0.15) is 22.5 Å². The Hall–Kier alpha value is -2.12. The van der Waals surface area contributed by atoms with Gasteiger partial charge in [-0.25, -0.2) is 18.6 Å². The highest BCUT2D eigenvalue weighted by Gasteiger charge is 2.30. The highest BCUT2D eigenvalue weighted by Crippen LogP contribution is 2.29. The molecule has 1 heterocycles. The third-order valence-corrected chi connectivity index (χ3v) is 1.57. The smallest absolute Gasteiger partial charge is 0.342 e. The van der Waals surface area contributed by atoms with Gasteiger partial charge in [0.2, 0.25) is 0 Å². The van der Waals surface area contributed by atoms with Crippen molar-refractivity contribution < 1.29 is 23.6 Å². The number of carbonyl (C=O) groups is 1. The van der Waals surface area contributed by atoms with Gasteiger partial charge in [-0.15, -0.1) is 0 Å². The average Bonchev–Trinajstić information content (AvgIpc) is 2.16. The lowest BCUT2D eigenvalue weighted by atomic mass is 10.2. The maximum absolute atomic E-state index is 12.3. The molecule has 1 rings (SSSR count). The van der Waals surface area contributed by atoms with E-state index in [2.05, 4.69) is 4.98 Å². The van der Waals surface area contributed by atoms with Crippen molar-refractivity contribution in [2.75, 3.05) is 0 Å². The van der Waals surface area contributed by atoms with Crippen LogP contribution in [-0.4, -0.2) is 21.0 Å². The predicted molar refractivity (Wildman–Crippen MR) is 42.8 cm³/mol. The summed E-state index contributed by atoms with van der Waals surface area (Å²) in [5, 5.41) is 19.0. The molecule has 80 valence electrons. The first kappa shape index (κ1) is 11.0. The molecule has 0 bridgehead atoms. The molecule has 0 saturated carbocycles. The Bertz CT molecular complexity index is 421. The van der Waals surface area contributed by atoms with Crippen LogP contribution in [0.3, 0.4) is 0 Å². The first-order chi connectivity index (χ1) is 6.95. The van der Waals surface area contributed by atoms with Gasteiger partial charge in [-0.05, 0) is 6.07 Å². The lowest BCUT2D eigenvalue weighted by Gasteiger charge is -2.02. The molecule has 0 aliphatic rings. The molecule has 8 heteroatoms. The second-order valence-corrected chi connectivity index (χ2v) is 2.46. The van der Waals surface area contributed by atoms with E-state index in [1.54, 1.807) is 0 Å². The molecule has 0 aromatic carbocycles. The lowest BCUT2D eigenvalue weighted by molar-refractivity contribution is -0.387. The van der Waals surface area contributed by atoms with Crippen molar-refractivity contribution in [1.82, 2.24) is 4.98 Å². The predicted octanol–water partition coefficient (Wildman–Crippen LogP) is 1.63. The number of carboxylic acid groups (broad SMARTS) is 1. The van der Waals surface area contributed by atoms with Gasteiger partial charge in [-0.1, -0.05) is 0 Å². The number of carboxylic acids is 1. The van der Waals surface area contributed by atoms with E-state index in [0.717, 1.165) is 12.3 Å². The molecule has 15 heavy (non-hydrogen) atoms. The van der Waals surface area contributed by atoms with E-state index in [-0.39, 0.29) is 0 Å². The Balaban J connectivity index is 3.48. The maximum Gasteiger partial charge on any atom is 0.342 e. The van der Waals surface area contributed by atoms with Crippen LogP contribution in [0.4, 0.5) is 14.5 Å². The van der Waals surface area contributed by atoms with Gasteiger partial charge in [-0.3, -0.25) is 10.1 Å². The summed E-state index contributed by atoms with van der Waals surface area (Å²) in [6.45, 7) is 0. The highest BCUT2D eigenvalue weighted by atomic mass is 19.3. The fourth-order valence-corrected chi connectivity index (χ4v) is 0.994. The minimum absolute atomic E-state index is 0.790. The fourth-order valence-electron chi connectivity index (χ4n) is 0.994. The third kappa shape index (κ3) is 2.03. The van der Waals surface area contributed by atoms with E-state index in [0.29, 0.717) is 0 Å². The van der Waals surface area contributed by atoms with Gasteiger partial charge in [-0.2, -0.15) is 0 Å². The average molecular weight is 218 g/mol. The Morgan fingerprint density at radius 3 is 2.60 bits per heavy atom. The first-order valence-electron chi connectivity index (χ1n) is 3.60. The zero-order valence-corrected chi connectivity index (χ0v) is 7.05. The zero-order valence-electron chi connectivity index (χ0n) is 7.05. The number of alkyl halides is 2. The number of hydrogen-bond donors (Lipinski definition) is 1. The molecule has 0 spiro atoms.